The van der Waals surface area contributed by atoms with E-state index in [4.69, 9.17) is 0 Å². The highest BCUT2D eigenvalue weighted by atomic mass is 15.1. The van der Waals surface area contributed by atoms with Gasteiger partial charge in [0.2, 0.25) is 0 Å². The van der Waals surface area contributed by atoms with Gasteiger partial charge in [0.15, 0.2) is 0 Å². The summed E-state index contributed by atoms with van der Waals surface area (Å²) in [6.45, 7) is 0. The maximum absolute atomic E-state index is 2.47. The summed E-state index contributed by atoms with van der Waals surface area (Å²) in [5, 5.41) is 10.1. The van der Waals surface area contributed by atoms with Crippen molar-refractivity contribution in [2.24, 2.45) is 0 Å². The predicted octanol–water partition coefficient (Wildman–Crippen LogP) is 18.4. The Kier molecular flexibility index (Phi) is 9.54. The Morgan fingerprint density at radius 2 is 0.809 bits per heavy atom. The molecular weight excluding hydrogens is 821 g/mol. The minimum atomic E-state index is 1.07. The quantitative estimate of drug-likeness (QED) is 0.138. The van der Waals surface area contributed by atoms with Gasteiger partial charge < -0.3 is 9.47 Å². The van der Waals surface area contributed by atoms with Crippen molar-refractivity contribution in [2.45, 2.75) is 0 Å². The van der Waals surface area contributed by atoms with E-state index in [0.717, 1.165) is 45.0 Å². The summed E-state index contributed by atoms with van der Waals surface area (Å²) in [4.78, 5) is 2.47. The van der Waals surface area contributed by atoms with Crippen LogP contribution in [0.5, 0.6) is 0 Å². The Bertz CT molecular complexity index is 3960. The molecule has 1 heterocycles. The third-order valence-electron chi connectivity index (χ3n) is 13.8. The summed E-state index contributed by atoms with van der Waals surface area (Å²) in [5.41, 5.74) is 16.1. The summed E-state index contributed by atoms with van der Waals surface area (Å²) in [6.07, 6.45) is 0. The Morgan fingerprint density at radius 3 is 1.56 bits per heavy atom. The average molecular weight is 865 g/mol. The molecule has 0 N–H and O–H groups in total. The summed E-state index contributed by atoms with van der Waals surface area (Å²) >= 11 is 0. The van der Waals surface area contributed by atoms with Crippen molar-refractivity contribution in [1.29, 1.82) is 0 Å². The van der Waals surface area contributed by atoms with E-state index in [2.05, 4.69) is 276 Å². The van der Waals surface area contributed by atoms with Gasteiger partial charge in [-0.1, -0.05) is 206 Å². The van der Waals surface area contributed by atoms with Crippen LogP contribution in [0.15, 0.2) is 267 Å². The molecule has 0 unspecified atom stereocenters. The fourth-order valence-corrected chi connectivity index (χ4v) is 10.6. The Morgan fingerprint density at radius 1 is 0.265 bits per heavy atom. The Labute approximate surface area is 395 Å². The first-order valence-corrected chi connectivity index (χ1v) is 23.4. The highest BCUT2D eigenvalue weighted by molar-refractivity contribution is 6.23. The van der Waals surface area contributed by atoms with Gasteiger partial charge in [-0.3, -0.25) is 0 Å². The first-order chi connectivity index (χ1) is 33.7. The molecule has 0 atom stereocenters. The number of rotatable bonds is 8. The highest BCUT2D eigenvalue weighted by Crippen LogP contribution is 2.47. The lowest BCUT2D eigenvalue weighted by Crippen LogP contribution is -2.12. The fourth-order valence-electron chi connectivity index (χ4n) is 10.6. The number of para-hydroxylation sites is 3. The van der Waals surface area contributed by atoms with Crippen LogP contribution in [-0.4, -0.2) is 4.57 Å². The van der Waals surface area contributed by atoms with Crippen molar-refractivity contribution in [3.8, 4) is 50.2 Å². The summed E-state index contributed by atoms with van der Waals surface area (Å²) in [7, 11) is 0. The number of hydrogen-bond donors (Lipinski definition) is 0. The molecule has 0 aliphatic heterocycles. The largest absolute Gasteiger partial charge is 0.309 e. The molecule has 0 fully saturated rings. The topological polar surface area (TPSA) is 8.17 Å². The number of fused-ring (bicyclic) bond motifs is 8. The second kappa shape index (κ2) is 16.5. The summed E-state index contributed by atoms with van der Waals surface area (Å²) in [6, 6.07) is 97.6. The van der Waals surface area contributed by atoms with Crippen LogP contribution in [0.1, 0.15) is 0 Å². The van der Waals surface area contributed by atoms with Crippen LogP contribution in [0.25, 0.3) is 104 Å². The lowest BCUT2D eigenvalue weighted by Gasteiger charge is -2.30. The van der Waals surface area contributed by atoms with E-state index in [0.29, 0.717) is 0 Å². The third-order valence-corrected chi connectivity index (χ3v) is 13.8. The van der Waals surface area contributed by atoms with Gasteiger partial charge in [-0.05, 0) is 126 Å². The zero-order valence-corrected chi connectivity index (χ0v) is 37.3. The van der Waals surface area contributed by atoms with Crippen LogP contribution in [0.4, 0.5) is 17.1 Å². The lowest BCUT2D eigenvalue weighted by atomic mass is 9.90. The minimum Gasteiger partial charge on any atom is -0.309 e. The van der Waals surface area contributed by atoms with Gasteiger partial charge in [0.1, 0.15) is 0 Å². The van der Waals surface area contributed by atoms with E-state index < -0.39 is 0 Å². The molecule has 2 heteroatoms. The number of hydrogen-bond acceptors (Lipinski definition) is 1. The van der Waals surface area contributed by atoms with E-state index >= 15 is 0 Å². The number of anilines is 3. The van der Waals surface area contributed by atoms with E-state index in [1.807, 2.05) is 0 Å². The summed E-state index contributed by atoms with van der Waals surface area (Å²) in [5.74, 6) is 0. The molecule has 0 bridgehead atoms. The number of aromatic nitrogens is 1. The van der Waals surface area contributed by atoms with Crippen molar-refractivity contribution in [2.75, 3.05) is 4.90 Å². The van der Waals surface area contributed by atoms with Gasteiger partial charge >= 0.3 is 0 Å². The van der Waals surface area contributed by atoms with Crippen LogP contribution in [0.2, 0.25) is 0 Å². The second-order valence-electron chi connectivity index (χ2n) is 17.6. The minimum absolute atomic E-state index is 1.07. The van der Waals surface area contributed by atoms with Crippen molar-refractivity contribution in [1.82, 2.24) is 4.57 Å². The van der Waals surface area contributed by atoms with Crippen molar-refractivity contribution in [3.05, 3.63) is 267 Å². The molecule has 318 valence electrons. The van der Waals surface area contributed by atoms with Crippen molar-refractivity contribution >= 4 is 71.2 Å². The molecule has 0 aliphatic rings. The SMILES string of the molecule is c1ccc(-c2ccc(N(c3ccc(-c4cc5ccc6ccccc6c5c5ccccc45)cc3)c3ccccc3-c3cccc(-n4c5ccccc5c5ccccc54)c3)c(-c3ccccc3)c2)cc1. The van der Waals surface area contributed by atoms with E-state index in [-0.39, 0.29) is 0 Å². The molecule has 2 nitrogen and oxygen atoms in total. The lowest BCUT2D eigenvalue weighted by molar-refractivity contribution is 1.18. The molecule has 13 rings (SSSR count). The van der Waals surface area contributed by atoms with Crippen LogP contribution >= 0.6 is 0 Å². The van der Waals surface area contributed by atoms with Crippen LogP contribution in [0, 0.1) is 0 Å². The monoisotopic (exact) mass is 864 g/mol. The molecule has 68 heavy (non-hydrogen) atoms. The van der Waals surface area contributed by atoms with Gasteiger partial charge in [0, 0.05) is 33.3 Å². The Balaban J connectivity index is 1.01. The van der Waals surface area contributed by atoms with Crippen LogP contribution < -0.4 is 4.90 Å². The molecule has 13 aromatic rings. The van der Waals surface area contributed by atoms with Gasteiger partial charge in [-0.2, -0.15) is 0 Å². The first kappa shape index (κ1) is 39.4. The van der Waals surface area contributed by atoms with E-state index in [1.54, 1.807) is 0 Å². The molecular formula is C66H44N2. The molecule has 12 aromatic carbocycles. The Hall–Kier alpha value is -8.98. The molecule has 0 saturated carbocycles. The third kappa shape index (κ3) is 6.65. The van der Waals surface area contributed by atoms with Gasteiger partial charge in [-0.25, -0.2) is 0 Å². The molecule has 0 aliphatic carbocycles. The predicted molar refractivity (Wildman–Crippen MR) is 290 cm³/mol. The summed E-state index contributed by atoms with van der Waals surface area (Å²) < 4.78 is 2.40. The van der Waals surface area contributed by atoms with Gasteiger partial charge in [0.05, 0.1) is 22.4 Å². The second-order valence-corrected chi connectivity index (χ2v) is 17.6. The van der Waals surface area contributed by atoms with Crippen molar-refractivity contribution in [3.63, 3.8) is 0 Å². The van der Waals surface area contributed by atoms with Gasteiger partial charge in [-0.15, -0.1) is 0 Å². The molecule has 0 saturated heterocycles. The maximum Gasteiger partial charge on any atom is 0.0541 e. The molecule has 1 aromatic heterocycles. The van der Waals surface area contributed by atoms with Crippen molar-refractivity contribution < 1.29 is 0 Å². The zero-order chi connectivity index (χ0) is 45.0. The van der Waals surface area contributed by atoms with E-state index in [1.165, 1.54) is 76.4 Å². The maximum atomic E-state index is 2.47. The fraction of sp³-hybridized carbons (Fsp3) is 0. The highest BCUT2D eigenvalue weighted by Gasteiger charge is 2.23. The van der Waals surface area contributed by atoms with Crippen LogP contribution in [-0.2, 0) is 0 Å². The normalized spacial score (nSPS) is 11.5. The first-order valence-electron chi connectivity index (χ1n) is 23.4. The number of nitrogens with zero attached hydrogens (tertiary/aromatic N) is 2. The molecule has 0 amide bonds. The zero-order valence-electron chi connectivity index (χ0n) is 37.3. The van der Waals surface area contributed by atoms with E-state index in [9.17, 15) is 0 Å². The van der Waals surface area contributed by atoms with Gasteiger partial charge in [0.25, 0.3) is 0 Å². The number of benzene rings is 12. The average Bonchev–Trinajstić information content (AvgIpc) is 3.76. The molecule has 0 radical (unpaired) electrons. The standard InChI is InChI=1S/C66H44N2/c1-3-18-45(19-4-1)49-38-41-65(61(43-49)46-20-5-2-6-21-46)67(52-39-36-48(37-40-52)60-44-51-35-34-47-22-7-8-26-55(47)66(51)59-30-10-9-27-56(59)60)62-31-14-11-25-54(62)50-23-17-24-53(42-50)68-63-32-15-12-28-57(63)58-29-13-16-33-64(58)68/h1-44H. The molecule has 0 spiro atoms. The van der Waals surface area contributed by atoms with Crippen LogP contribution in [0.3, 0.4) is 0 Å². The smallest absolute Gasteiger partial charge is 0.0541 e.